The summed E-state index contributed by atoms with van der Waals surface area (Å²) < 4.78 is 33.3. The average Bonchev–Trinajstić information content (AvgIpc) is 2.59. The number of sulfonamides is 1. The summed E-state index contributed by atoms with van der Waals surface area (Å²) in [4.78, 5) is 12.6. The summed E-state index contributed by atoms with van der Waals surface area (Å²) in [5.41, 5.74) is -0.199. The Bertz CT molecular complexity index is 922. The second-order valence-corrected chi connectivity index (χ2v) is 9.46. The third kappa shape index (κ3) is 5.62. The van der Waals surface area contributed by atoms with Crippen LogP contribution in [-0.4, -0.2) is 33.0 Å². The fraction of sp³-hybridized carbons (Fsp3) is 0.350. The van der Waals surface area contributed by atoms with Crippen LogP contribution < -0.4 is 14.4 Å². The summed E-state index contributed by atoms with van der Waals surface area (Å²) in [6.07, 6.45) is 0. The number of carbonyl (C=O) groups is 1. The molecule has 0 spiro atoms. The molecule has 0 bridgehead atoms. The molecule has 1 amide bonds. The first kappa shape index (κ1) is 22.0. The quantitative estimate of drug-likeness (QED) is 0.732. The minimum absolute atomic E-state index is 0.0340. The lowest BCUT2D eigenvalue weighted by molar-refractivity contribution is -0.121. The Labute approximate surface area is 171 Å². The molecule has 0 radical (unpaired) electrons. The number of nitrogens with one attached hydrogen (secondary N) is 1. The molecule has 6 nitrogen and oxygen atoms in total. The van der Waals surface area contributed by atoms with Crippen molar-refractivity contribution in [2.75, 3.05) is 17.5 Å². The number of rotatable bonds is 7. The molecule has 1 N–H and O–H groups in total. The van der Waals surface area contributed by atoms with Crippen molar-refractivity contribution >= 4 is 33.2 Å². The molecular weight excluding hydrogens is 400 g/mol. The van der Waals surface area contributed by atoms with Gasteiger partial charge in [0.2, 0.25) is 5.91 Å². The Balaban J connectivity index is 2.53. The number of ether oxygens (including phenoxy) is 1. The van der Waals surface area contributed by atoms with E-state index in [9.17, 15) is 13.2 Å². The molecule has 0 fully saturated rings. The molecule has 152 valence electrons. The SMILES string of the molecule is CCOc1ccccc1N(CC(=O)NC(C)(C)C)S(=O)(=O)c1ccc(Cl)cc1. The van der Waals surface area contributed by atoms with Crippen LogP contribution in [-0.2, 0) is 14.8 Å². The summed E-state index contributed by atoms with van der Waals surface area (Å²) in [7, 11) is -4.03. The molecule has 0 atom stereocenters. The number of halogens is 1. The van der Waals surface area contributed by atoms with Crippen LogP contribution in [0.2, 0.25) is 5.02 Å². The fourth-order valence-corrected chi connectivity index (χ4v) is 4.12. The van der Waals surface area contributed by atoms with Crippen LogP contribution >= 0.6 is 11.6 Å². The minimum atomic E-state index is -4.03. The van der Waals surface area contributed by atoms with E-state index in [1.165, 1.54) is 24.3 Å². The Hall–Kier alpha value is -2.25. The second kappa shape index (κ2) is 8.84. The van der Waals surface area contributed by atoms with Gasteiger partial charge in [-0.25, -0.2) is 8.42 Å². The van der Waals surface area contributed by atoms with E-state index in [4.69, 9.17) is 16.3 Å². The van der Waals surface area contributed by atoms with Gasteiger partial charge in [0.25, 0.3) is 10.0 Å². The smallest absolute Gasteiger partial charge is 0.264 e. The Morgan fingerprint density at radius 3 is 2.29 bits per heavy atom. The average molecular weight is 425 g/mol. The lowest BCUT2D eigenvalue weighted by atomic mass is 10.1. The van der Waals surface area contributed by atoms with Gasteiger partial charge in [0.15, 0.2) is 0 Å². The Morgan fingerprint density at radius 2 is 1.71 bits per heavy atom. The standard InChI is InChI=1S/C20H25ClN2O4S/c1-5-27-18-9-7-6-8-17(18)23(14-19(24)22-20(2,3)4)28(25,26)16-12-10-15(21)11-13-16/h6-13H,5,14H2,1-4H3,(H,22,24). The van der Waals surface area contributed by atoms with E-state index in [1.54, 1.807) is 31.2 Å². The van der Waals surface area contributed by atoms with Crippen molar-refractivity contribution in [3.8, 4) is 5.75 Å². The zero-order valence-corrected chi connectivity index (χ0v) is 18.0. The molecule has 0 aliphatic carbocycles. The zero-order valence-electron chi connectivity index (χ0n) is 16.4. The van der Waals surface area contributed by atoms with Gasteiger partial charge in [0, 0.05) is 10.6 Å². The van der Waals surface area contributed by atoms with Gasteiger partial charge in [-0.05, 0) is 64.1 Å². The van der Waals surface area contributed by atoms with Gasteiger partial charge >= 0.3 is 0 Å². The van der Waals surface area contributed by atoms with Crippen LogP contribution in [0.3, 0.4) is 0 Å². The molecule has 28 heavy (non-hydrogen) atoms. The highest BCUT2D eigenvalue weighted by Crippen LogP contribution is 2.32. The minimum Gasteiger partial charge on any atom is -0.492 e. The van der Waals surface area contributed by atoms with Gasteiger partial charge in [0.1, 0.15) is 12.3 Å². The highest BCUT2D eigenvalue weighted by molar-refractivity contribution is 7.92. The molecule has 0 unspecified atom stereocenters. The van der Waals surface area contributed by atoms with Gasteiger partial charge in [-0.2, -0.15) is 0 Å². The Morgan fingerprint density at radius 1 is 1.11 bits per heavy atom. The molecular formula is C20H25ClN2O4S. The first-order valence-corrected chi connectivity index (χ1v) is 10.7. The predicted octanol–water partition coefficient (Wildman–Crippen LogP) is 3.85. The monoisotopic (exact) mass is 424 g/mol. The first-order chi connectivity index (χ1) is 13.0. The second-order valence-electron chi connectivity index (χ2n) is 7.16. The lowest BCUT2D eigenvalue weighted by Crippen LogP contribution is -2.47. The maximum Gasteiger partial charge on any atom is 0.264 e. The van der Waals surface area contributed by atoms with Crippen molar-refractivity contribution in [3.05, 3.63) is 53.6 Å². The van der Waals surface area contributed by atoms with E-state index in [0.717, 1.165) is 4.31 Å². The lowest BCUT2D eigenvalue weighted by Gasteiger charge is -2.28. The molecule has 0 aromatic heterocycles. The van der Waals surface area contributed by atoms with E-state index in [1.807, 2.05) is 20.8 Å². The summed E-state index contributed by atoms with van der Waals surface area (Å²) in [6, 6.07) is 12.5. The number of hydrogen-bond donors (Lipinski definition) is 1. The molecule has 0 aliphatic rings. The van der Waals surface area contributed by atoms with Gasteiger partial charge in [-0.3, -0.25) is 9.10 Å². The van der Waals surface area contributed by atoms with Crippen LogP contribution in [0, 0.1) is 0 Å². The van der Waals surface area contributed by atoms with Gasteiger partial charge < -0.3 is 10.1 Å². The maximum absolute atomic E-state index is 13.3. The van der Waals surface area contributed by atoms with E-state index in [0.29, 0.717) is 23.1 Å². The van der Waals surface area contributed by atoms with Crippen LogP contribution in [0.15, 0.2) is 53.4 Å². The van der Waals surface area contributed by atoms with Gasteiger partial charge in [-0.15, -0.1) is 0 Å². The largest absolute Gasteiger partial charge is 0.492 e. The topological polar surface area (TPSA) is 75.7 Å². The first-order valence-electron chi connectivity index (χ1n) is 8.86. The van der Waals surface area contributed by atoms with Crippen LogP contribution in [0.5, 0.6) is 5.75 Å². The summed E-state index contributed by atoms with van der Waals surface area (Å²) in [6.45, 7) is 7.28. The van der Waals surface area contributed by atoms with Crippen molar-refractivity contribution < 1.29 is 17.9 Å². The third-order valence-electron chi connectivity index (χ3n) is 3.64. The molecule has 8 heteroatoms. The van der Waals surface area contributed by atoms with E-state index >= 15 is 0 Å². The molecule has 2 aromatic carbocycles. The maximum atomic E-state index is 13.3. The summed E-state index contributed by atoms with van der Waals surface area (Å²) in [5, 5.41) is 3.22. The number of para-hydroxylation sites is 2. The van der Waals surface area contributed by atoms with E-state index in [2.05, 4.69) is 5.32 Å². The van der Waals surface area contributed by atoms with Crippen molar-refractivity contribution in [2.24, 2.45) is 0 Å². The van der Waals surface area contributed by atoms with Crippen molar-refractivity contribution in [1.82, 2.24) is 5.32 Å². The molecule has 0 aliphatic heterocycles. The summed E-state index contributed by atoms with van der Waals surface area (Å²) in [5.74, 6) is -0.0394. The molecule has 0 heterocycles. The van der Waals surface area contributed by atoms with Crippen molar-refractivity contribution in [3.63, 3.8) is 0 Å². The van der Waals surface area contributed by atoms with Crippen LogP contribution in [0.25, 0.3) is 0 Å². The van der Waals surface area contributed by atoms with Crippen molar-refractivity contribution in [2.45, 2.75) is 38.1 Å². The highest BCUT2D eigenvalue weighted by atomic mass is 35.5. The van der Waals surface area contributed by atoms with E-state index in [-0.39, 0.29) is 11.4 Å². The number of amides is 1. The highest BCUT2D eigenvalue weighted by Gasteiger charge is 2.30. The molecule has 2 rings (SSSR count). The molecule has 0 saturated carbocycles. The summed E-state index contributed by atoms with van der Waals surface area (Å²) >= 11 is 5.89. The number of carbonyl (C=O) groups excluding carboxylic acids is 1. The van der Waals surface area contributed by atoms with Gasteiger partial charge in [-0.1, -0.05) is 23.7 Å². The van der Waals surface area contributed by atoms with Crippen LogP contribution in [0.4, 0.5) is 5.69 Å². The molecule has 2 aromatic rings. The van der Waals surface area contributed by atoms with Gasteiger partial charge in [0.05, 0.1) is 17.2 Å². The normalized spacial score (nSPS) is 11.8. The van der Waals surface area contributed by atoms with Crippen LogP contribution in [0.1, 0.15) is 27.7 Å². The number of benzene rings is 2. The molecule has 0 saturated heterocycles. The van der Waals surface area contributed by atoms with Crippen molar-refractivity contribution in [1.29, 1.82) is 0 Å². The number of nitrogens with zero attached hydrogens (tertiary/aromatic N) is 1. The Kier molecular flexibility index (Phi) is 6.96. The number of hydrogen-bond acceptors (Lipinski definition) is 4. The zero-order chi connectivity index (χ0) is 20.9. The predicted molar refractivity (Wildman–Crippen MR) is 111 cm³/mol. The fourth-order valence-electron chi connectivity index (χ4n) is 2.56. The third-order valence-corrected chi connectivity index (χ3v) is 5.66. The van der Waals surface area contributed by atoms with E-state index < -0.39 is 21.5 Å². The number of anilines is 1.